The Bertz CT molecular complexity index is 1180. The van der Waals surface area contributed by atoms with E-state index in [-0.39, 0.29) is 4.90 Å². The normalized spacial score (nSPS) is 16.3. The summed E-state index contributed by atoms with van der Waals surface area (Å²) in [5.74, 6) is 1.09. The predicted octanol–water partition coefficient (Wildman–Crippen LogP) is 4.30. The molecule has 3 aromatic rings. The van der Waals surface area contributed by atoms with E-state index in [1.165, 1.54) is 16.4 Å². The van der Waals surface area contributed by atoms with Crippen LogP contribution >= 0.6 is 11.6 Å². The molecular formula is C20H26ClN5O3SSi. The first-order valence-corrected chi connectivity index (χ1v) is 15.6. The van der Waals surface area contributed by atoms with Crippen LogP contribution in [0.1, 0.15) is 18.5 Å². The first-order chi connectivity index (χ1) is 14.6. The van der Waals surface area contributed by atoms with E-state index in [1.807, 2.05) is 6.92 Å². The van der Waals surface area contributed by atoms with Crippen molar-refractivity contribution in [3.8, 4) is 5.82 Å². The molecule has 0 saturated heterocycles. The second-order valence-electron chi connectivity index (χ2n) is 8.80. The number of imidazole rings is 1. The van der Waals surface area contributed by atoms with Crippen molar-refractivity contribution >= 4 is 35.6 Å². The second kappa shape index (κ2) is 8.08. The lowest BCUT2D eigenvalue weighted by molar-refractivity contribution is 0.0783. The van der Waals surface area contributed by atoms with E-state index in [1.54, 1.807) is 40.0 Å². The molecule has 0 amide bonds. The molecule has 0 aliphatic carbocycles. The maximum absolute atomic E-state index is 13.5. The van der Waals surface area contributed by atoms with Gasteiger partial charge in [0.15, 0.2) is 0 Å². The summed E-state index contributed by atoms with van der Waals surface area (Å²) in [4.78, 5) is 4.51. The third-order valence-electron chi connectivity index (χ3n) is 5.27. The van der Waals surface area contributed by atoms with Crippen LogP contribution in [0, 0.1) is 0 Å². The van der Waals surface area contributed by atoms with Crippen molar-refractivity contribution in [3.63, 3.8) is 0 Å². The molecule has 0 N–H and O–H groups in total. The number of rotatable bonds is 7. The maximum Gasteiger partial charge on any atom is 0.267 e. The van der Waals surface area contributed by atoms with Crippen LogP contribution in [0.3, 0.4) is 0 Å². The predicted molar refractivity (Wildman–Crippen MR) is 123 cm³/mol. The average Bonchev–Trinajstić information content (AvgIpc) is 3.31. The van der Waals surface area contributed by atoms with Gasteiger partial charge in [0.25, 0.3) is 10.0 Å². The number of benzene rings is 1. The highest BCUT2D eigenvalue weighted by atomic mass is 35.5. The van der Waals surface area contributed by atoms with E-state index in [0.29, 0.717) is 24.3 Å². The lowest BCUT2D eigenvalue weighted by Gasteiger charge is -2.34. The van der Waals surface area contributed by atoms with Gasteiger partial charge in [-0.2, -0.15) is 5.10 Å². The summed E-state index contributed by atoms with van der Waals surface area (Å²) >= 11 is 5.94. The van der Waals surface area contributed by atoms with Crippen molar-refractivity contribution in [1.29, 1.82) is 0 Å². The number of halogens is 1. The van der Waals surface area contributed by atoms with Crippen molar-refractivity contribution in [2.45, 2.75) is 50.3 Å². The summed E-state index contributed by atoms with van der Waals surface area (Å²) in [5.41, 5.74) is 0.789. The van der Waals surface area contributed by atoms with E-state index >= 15 is 0 Å². The molecule has 166 valence electrons. The highest BCUT2D eigenvalue weighted by Crippen LogP contribution is 2.40. The smallest absolute Gasteiger partial charge is 0.267 e. The third kappa shape index (κ3) is 4.17. The molecule has 4 rings (SSSR count). The number of anilines is 1. The molecule has 0 fully saturated rings. The lowest BCUT2D eigenvalue weighted by Crippen LogP contribution is -2.38. The van der Waals surface area contributed by atoms with E-state index in [2.05, 4.69) is 29.7 Å². The highest BCUT2D eigenvalue weighted by molar-refractivity contribution is 7.92. The Morgan fingerprint density at radius 2 is 1.90 bits per heavy atom. The molecule has 1 aliphatic heterocycles. The lowest BCUT2D eigenvalue weighted by atomic mass is 10.1. The molecule has 1 unspecified atom stereocenters. The first kappa shape index (κ1) is 22.1. The number of aromatic nitrogens is 4. The van der Waals surface area contributed by atoms with Gasteiger partial charge in [-0.15, -0.1) is 0 Å². The molecule has 1 aliphatic rings. The standard InChI is InChI=1S/C20H26ClN5O3SSi/c1-15-18-13-23-25(14-29-11-12-31(2,3)4)19(18)24-10-9-22-20(24)26(15)30(27,28)17-7-5-16(21)6-8-17/h5-10,13,15H,11-12,14H2,1-4H3. The Morgan fingerprint density at radius 3 is 2.58 bits per heavy atom. The summed E-state index contributed by atoms with van der Waals surface area (Å²) < 4.78 is 37.7. The number of sulfonamides is 1. The summed E-state index contributed by atoms with van der Waals surface area (Å²) in [6.07, 6.45) is 5.03. The van der Waals surface area contributed by atoms with Gasteiger partial charge < -0.3 is 4.74 Å². The topological polar surface area (TPSA) is 82.2 Å². The van der Waals surface area contributed by atoms with Gasteiger partial charge in [-0.25, -0.2) is 22.4 Å². The van der Waals surface area contributed by atoms with Gasteiger partial charge in [0.2, 0.25) is 5.95 Å². The molecule has 11 heteroatoms. The minimum atomic E-state index is -3.85. The van der Waals surface area contributed by atoms with Gasteiger partial charge in [-0.3, -0.25) is 4.57 Å². The second-order valence-corrected chi connectivity index (χ2v) is 16.7. The van der Waals surface area contributed by atoms with Gasteiger partial charge in [0.05, 0.1) is 17.1 Å². The number of hydrogen-bond acceptors (Lipinski definition) is 5. The number of nitrogens with zero attached hydrogens (tertiary/aromatic N) is 5. The number of fused-ring (bicyclic) bond motifs is 3. The highest BCUT2D eigenvalue weighted by Gasteiger charge is 2.40. The Kier molecular flexibility index (Phi) is 5.75. The summed E-state index contributed by atoms with van der Waals surface area (Å²) in [6, 6.07) is 6.72. The number of hydrogen-bond donors (Lipinski definition) is 0. The zero-order valence-corrected chi connectivity index (χ0v) is 20.6. The molecule has 0 saturated carbocycles. The zero-order chi connectivity index (χ0) is 22.4. The molecule has 3 heterocycles. The van der Waals surface area contributed by atoms with Crippen molar-refractivity contribution in [2.75, 3.05) is 10.9 Å². The van der Waals surface area contributed by atoms with Crippen molar-refractivity contribution in [1.82, 2.24) is 19.3 Å². The maximum atomic E-state index is 13.5. The van der Waals surface area contributed by atoms with E-state index in [4.69, 9.17) is 16.3 Å². The first-order valence-electron chi connectivity index (χ1n) is 10.1. The minimum Gasteiger partial charge on any atom is -0.359 e. The van der Waals surface area contributed by atoms with Crippen LogP contribution in [0.15, 0.2) is 47.8 Å². The van der Waals surface area contributed by atoms with E-state index in [9.17, 15) is 8.42 Å². The van der Waals surface area contributed by atoms with E-state index in [0.717, 1.165) is 17.4 Å². The SMILES string of the molecule is CC1c2cnn(COCC[Si](C)(C)C)c2-n2ccnc2N1S(=O)(=O)c1ccc(Cl)cc1. The van der Waals surface area contributed by atoms with Crippen molar-refractivity contribution in [2.24, 2.45) is 0 Å². The number of ether oxygens (including phenoxy) is 1. The Balaban J connectivity index is 1.66. The molecular weight excluding hydrogens is 454 g/mol. The molecule has 0 bridgehead atoms. The van der Waals surface area contributed by atoms with Crippen molar-refractivity contribution in [3.05, 3.63) is 53.4 Å². The third-order valence-corrected chi connectivity index (χ3v) is 9.09. The fourth-order valence-corrected chi connectivity index (χ4v) is 6.00. The molecule has 31 heavy (non-hydrogen) atoms. The fourth-order valence-electron chi connectivity index (χ4n) is 3.53. The van der Waals surface area contributed by atoms with Gasteiger partial charge in [0, 0.05) is 37.7 Å². The van der Waals surface area contributed by atoms with Crippen LogP contribution in [-0.2, 0) is 21.5 Å². The van der Waals surface area contributed by atoms with Gasteiger partial charge in [-0.05, 0) is 37.2 Å². The summed E-state index contributed by atoms with van der Waals surface area (Å²) in [6.45, 7) is 9.73. The van der Waals surface area contributed by atoms with Crippen LogP contribution < -0.4 is 4.31 Å². The Hall–Kier alpha value is -2.14. The van der Waals surface area contributed by atoms with Gasteiger partial charge >= 0.3 is 0 Å². The average molecular weight is 480 g/mol. The monoisotopic (exact) mass is 479 g/mol. The molecule has 0 spiro atoms. The van der Waals surface area contributed by atoms with Crippen molar-refractivity contribution < 1.29 is 13.2 Å². The fraction of sp³-hybridized carbons (Fsp3) is 0.400. The van der Waals surface area contributed by atoms with Gasteiger partial charge in [0.1, 0.15) is 12.5 Å². The quantitative estimate of drug-likeness (QED) is 0.372. The van der Waals surface area contributed by atoms with Crippen LogP contribution in [0.2, 0.25) is 30.7 Å². The molecule has 2 aromatic heterocycles. The Labute approximate surface area is 188 Å². The zero-order valence-electron chi connectivity index (χ0n) is 18.0. The van der Waals surface area contributed by atoms with Gasteiger partial charge in [-0.1, -0.05) is 31.2 Å². The molecule has 1 atom stereocenters. The minimum absolute atomic E-state index is 0.156. The molecule has 1 aromatic carbocycles. The summed E-state index contributed by atoms with van der Waals surface area (Å²) in [5, 5.41) is 4.95. The molecule has 8 nitrogen and oxygen atoms in total. The van der Waals surface area contributed by atoms with Crippen LogP contribution in [0.25, 0.3) is 5.82 Å². The largest absolute Gasteiger partial charge is 0.359 e. The van der Waals surface area contributed by atoms with E-state index < -0.39 is 24.1 Å². The summed E-state index contributed by atoms with van der Waals surface area (Å²) in [7, 11) is -5.04. The molecule has 0 radical (unpaired) electrons. The van der Waals surface area contributed by atoms with Crippen LogP contribution in [-0.4, -0.2) is 42.4 Å². The van der Waals surface area contributed by atoms with Crippen LogP contribution in [0.5, 0.6) is 0 Å². The Morgan fingerprint density at radius 1 is 1.19 bits per heavy atom. The van der Waals surface area contributed by atoms with Crippen LogP contribution in [0.4, 0.5) is 5.95 Å².